The molecule has 1 saturated heterocycles. The van der Waals surface area contributed by atoms with Gasteiger partial charge in [0, 0.05) is 25.5 Å². The van der Waals surface area contributed by atoms with Gasteiger partial charge in [-0.1, -0.05) is 12.8 Å². The maximum Gasteiger partial charge on any atom is 0.246 e. The number of rotatable bonds is 3. The molecular formula is C14H20N4O2. The van der Waals surface area contributed by atoms with Gasteiger partial charge in [0.05, 0.1) is 6.54 Å². The molecule has 0 radical (unpaired) electrons. The molecule has 20 heavy (non-hydrogen) atoms. The average molecular weight is 276 g/mol. The van der Waals surface area contributed by atoms with E-state index >= 15 is 0 Å². The molecule has 2 aliphatic rings. The Hall–Kier alpha value is -1.85. The van der Waals surface area contributed by atoms with Crippen LogP contribution in [0.25, 0.3) is 0 Å². The molecule has 2 heterocycles. The van der Waals surface area contributed by atoms with Gasteiger partial charge in [-0.15, -0.1) is 0 Å². The molecular weight excluding hydrogens is 256 g/mol. The fourth-order valence-corrected chi connectivity index (χ4v) is 3.42. The summed E-state index contributed by atoms with van der Waals surface area (Å²) in [6.07, 6.45) is 7.26. The van der Waals surface area contributed by atoms with Gasteiger partial charge in [-0.3, -0.25) is 9.59 Å². The highest BCUT2D eigenvalue weighted by atomic mass is 16.2. The smallest absolute Gasteiger partial charge is 0.246 e. The van der Waals surface area contributed by atoms with Crippen molar-refractivity contribution < 1.29 is 9.59 Å². The fourth-order valence-electron chi connectivity index (χ4n) is 3.42. The Kier molecular flexibility index (Phi) is 3.23. The lowest BCUT2D eigenvalue weighted by Gasteiger charge is -2.43. The van der Waals surface area contributed by atoms with E-state index < -0.39 is 5.54 Å². The van der Waals surface area contributed by atoms with Crippen molar-refractivity contribution in [1.29, 1.82) is 0 Å². The molecule has 0 aromatic carbocycles. The van der Waals surface area contributed by atoms with Gasteiger partial charge < -0.3 is 14.8 Å². The Morgan fingerprint density at radius 1 is 1.30 bits per heavy atom. The van der Waals surface area contributed by atoms with Crippen molar-refractivity contribution in [3.63, 3.8) is 0 Å². The molecule has 1 aliphatic carbocycles. The van der Waals surface area contributed by atoms with Crippen molar-refractivity contribution in [2.45, 2.75) is 44.7 Å². The van der Waals surface area contributed by atoms with Crippen molar-refractivity contribution >= 4 is 11.8 Å². The fraction of sp³-hybridized carbons (Fsp3) is 0.643. The lowest BCUT2D eigenvalue weighted by Crippen LogP contribution is -2.66. The summed E-state index contributed by atoms with van der Waals surface area (Å²) in [6.45, 7) is 3.33. The zero-order chi connectivity index (χ0) is 14.2. The van der Waals surface area contributed by atoms with E-state index in [1.165, 1.54) is 0 Å². The molecule has 1 spiro atoms. The second kappa shape index (κ2) is 4.92. The van der Waals surface area contributed by atoms with Crippen LogP contribution in [0.4, 0.5) is 0 Å². The summed E-state index contributed by atoms with van der Waals surface area (Å²) >= 11 is 0. The second-order valence-electron chi connectivity index (χ2n) is 5.63. The predicted molar refractivity (Wildman–Crippen MR) is 72.9 cm³/mol. The van der Waals surface area contributed by atoms with Gasteiger partial charge in [0.15, 0.2) is 0 Å². The van der Waals surface area contributed by atoms with E-state index in [0.29, 0.717) is 13.1 Å². The molecule has 1 saturated carbocycles. The van der Waals surface area contributed by atoms with Gasteiger partial charge >= 0.3 is 0 Å². The van der Waals surface area contributed by atoms with Crippen molar-refractivity contribution in [2.75, 3.05) is 13.1 Å². The Morgan fingerprint density at radius 2 is 2.05 bits per heavy atom. The third-order valence-electron chi connectivity index (χ3n) is 4.56. The summed E-state index contributed by atoms with van der Waals surface area (Å²) in [6, 6.07) is 0. The highest BCUT2D eigenvalue weighted by molar-refractivity contribution is 5.98. The SMILES string of the molecule is Cc1nccn1CCN1C(=O)CNC(=O)C12CCCC2. The molecule has 2 amide bonds. The van der Waals surface area contributed by atoms with Crippen LogP contribution in [-0.4, -0.2) is 44.9 Å². The van der Waals surface area contributed by atoms with E-state index in [0.717, 1.165) is 31.5 Å². The van der Waals surface area contributed by atoms with Crippen LogP contribution in [0.1, 0.15) is 31.5 Å². The number of aromatic nitrogens is 2. The molecule has 1 N–H and O–H groups in total. The van der Waals surface area contributed by atoms with E-state index in [4.69, 9.17) is 0 Å². The number of aryl methyl sites for hydroxylation is 1. The van der Waals surface area contributed by atoms with Gasteiger partial charge in [0.2, 0.25) is 11.8 Å². The number of amides is 2. The molecule has 3 rings (SSSR count). The minimum atomic E-state index is -0.593. The lowest BCUT2D eigenvalue weighted by molar-refractivity contribution is -0.153. The van der Waals surface area contributed by atoms with Crippen LogP contribution < -0.4 is 5.32 Å². The third kappa shape index (κ3) is 1.99. The van der Waals surface area contributed by atoms with Crippen molar-refractivity contribution in [2.24, 2.45) is 0 Å². The van der Waals surface area contributed by atoms with Crippen LogP contribution in [0.15, 0.2) is 12.4 Å². The standard InChI is InChI=1S/C14H20N4O2/c1-11-15-6-7-17(11)8-9-18-12(19)10-16-13(20)14(18)4-2-3-5-14/h6-7H,2-5,8-10H2,1H3,(H,16,20). The molecule has 2 fully saturated rings. The minimum absolute atomic E-state index is 0.0250. The zero-order valence-electron chi connectivity index (χ0n) is 11.8. The first-order chi connectivity index (χ1) is 9.63. The predicted octanol–water partition coefficient (Wildman–Crippen LogP) is 0.463. The summed E-state index contributed by atoms with van der Waals surface area (Å²) in [5.41, 5.74) is -0.593. The number of imidazole rings is 1. The maximum atomic E-state index is 12.3. The summed E-state index contributed by atoms with van der Waals surface area (Å²) in [7, 11) is 0. The number of piperazine rings is 1. The van der Waals surface area contributed by atoms with Crippen LogP contribution in [0.2, 0.25) is 0 Å². The topological polar surface area (TPSA) is 67.2 Å². The van der Waals surface area contributed by atoms with Crippen LogP contribution in [0, 0.1) is 6.92 Å². The summed E-state index contributed by atoms with van der Waals surface area (Å²) in [5, 5.41) is 2.75. The Labute approximate surface area is 118 Å². The van der Waals surface area contributed by atoms with E-state index in [1.807, 2.05) is 17.7 Å². The van der Waals surface area contributed by atoms with Gasteiger partial charge in [-0.2, -0.15) is 0 Å². The van der Waals surface area contributed by atoms with Crippen molar-refractivity contribution in [1.82, 2.24) is 19.8 Å². The van der Waals surface area contributed by atoms with Crippen molar-refractivity contribution in [3.8, 4) is 0 Å². The second-order valence-corrected chi connectivity index (χ2v) is 5.63. The monoisotopic (exact) mass is 276 g/mol. The molecule has 0 unspecified atom stereocenters. The molecule has 6 heteroatoms. The quantitative estimate of drug-likeness (QED) is 0.872. The molecule has 0 atom stereocenters. The number of hydrogen-bond donors (Lipinski definition) is 1. The minimum Gasteiger partial charge on any atom is -0.345 e. The number of nitrogens with one attached hydrogen (secondary N) is 1. The molecule has 6 nitrogen and oxygen atoms in total. The van der Waals surface area contributed by atoms with Gasteiger partial charge in [0.25, 0.3) is 0 Å². The Balaban J connectivity index is 1.79. The largest absolute Gasteiger partial charge is 0.345 e. The molecule has 108 valence electrons. The van der Waals surface area contributed by atoms with Crippen LogP contribution in [0.3, 0.4) is 0 Å². The van der Waals surface area contributed by atoms with Crippen LogP contribution in [0.5, 0.6) is 0 Å². The Bertz CT molecular complexity index is 531. The zero-order valence-corrected chi connectivity index (χ0v) is 11.8. The maximum absolute atomic E-state index is 12.3. The van der Waals surface area contributed by atoms with Gasteiger partial charge in [-0.05, 0) is 19.8 Å². The highest BCUT2D eigenvalue weighted by Crippen LogP contribution is 2.37. The highest BCUT2D eigenvalue weighted by Gasteiger charge is 2.50. The van der Waals surface area contributed by atoms with E-state index in [2.05, 4.69) is 10.3 Å². The lowest BCUT2D eigenvalue weighted by atomic mass is 9.91. The number of carbonyl (C=O) groups excluding carboxylic acids is 2. The van der Waals surface area contributed by atoms with Gasteiger partial charge in [-0.25, -0.2) is 4.98 Å². The summed E-state index contributed by atoms with van der Waals surface area (Å²) < 4.78 is 2.02. The molecule has 1 aromatic rings. The first kappa shape index (κ1) is 13.1. The average Bonchev–Trinajstić information content (AvgIpc) is 3.05. The third-order valence-corrected chi connectivity index (χ3v) is 4.56. The summed E-state index contributed by atoms with van der Waals surface area (Å²) in [4.78, 5) is 30.5. The molecule has 0 bridgehead atoms. The molecule has 1 aliphatic heterocycles. The van der Waals surface area contributed by atoms with Gasteiger partial charge in [0.1, 0.15) is 11.4 Å². The van der Waals surface area contributed by atoms with E-state index in [1.54, 1.807) is 11.1 Å². The molecule has 1 aromatic heterocycles. The van der Waals surface area contributed by atoms with Crippen LogP contribution in [-0.2, 0) is 16.1 Å². The first-order valence-electron chi connectivity index (χ1n) is 7.20. The Morgan fingerprint density at radius 3 is 2.70 bits per heavy atom. The van der Waals surface area contributed by atoms with Crippen LogP contribution >= 0.6 is 0 Å². The van der Waals surface area contributed by atoms with Crippen molar-refractivity contribution in [3.05, 3.63) is 18.2 Å². The first-order valence-corrected chi connectivity index (χ1v) is 7.20. The number of nitrogens with zero attached hydrogens (tertiary/aromatic N) is 3. The van der Waals surface area contributed by atoms with E-state index in [-0.39, 0.29) is 18.4 Å². The number of carbonyl (C=O) groups is 2. The summed E-state index contributed by atoms with van der Waals surface area (Å²) in [5.74, 6) is 0.987. The number of hydrogen-bond acceptors (Lipinski definition) is 3. The normalized spacial score (nSPS) is 21.6. The van der Waals surface area contributed by atoms with E-state index in [9.17, 15) is 9.59 Å².